The Kier molecular flexibility index (Phi) is 4.09. The zero-order valence-corrected chi connectivity index (χ0v) is 12.8. The van der Waals surface area contributed by atoms with Crippen LogP contribution in [0.4, 0.5) is 0 Å². The molecular weight excluding hydrogens is 258 g/mol. The Balaban J connectivity index is 2.15. The number of nitrogens with zero attached hydrogens (tertiary/aromatic N) is 1. The fourth-order valence-corrected chi connectivity index (χ4v) is 3.59. The molecule has 2 aromatic carbocycles. The number of methoxy groups -OCH3 is 1. The molecule has 1 fully saturated rings. The van der Waals surface area contributed by atoms with Crippen molar-refractivity contribution < 1.29 is 4.74 Å². The summed E-state index contributed by atoms with van der Waals surface area (Å²) in [5.41, 5.74) is 2.60. The van der Waals surface area contributed by atoms with E-state index in [2.05, 4.69) is 72.6 Å². The molecule has 0 aliphatic carbocycles. The van der Waals surface area contributed by atoms with E-state index in [0.717, 1.165) is 19.4 Å². The molecular formula is C19H23NO. The van der Waals surface area contributed by atoms with Gasteiger partial charge in [0.15, 0.2) is 0 Å². The number of likely N-dealkylation sites (tertiary alicyclic amines) is 1. The molecule has 0 N–H and O–H groups in total. The lowest BCUT2D eigenvalue weighted by molar-refractivity contribution is -0.0127. The van der Waals surface area contributed by atoms with E-state index < -0.39 is 0 Å². The van der Waals surface area contributed by atoms with E-state index in [1.165, 1.54) is 11.1 Å². The van der Waals surface area contributed by atoms with Crippen LogP contribution >= 0.6 is 0 Å². The van der Waals surface area contributed by atoms with Crippen LogP contribution in [0.3, 0.4) is 0 Å². The summed E-state index contributed by atoms with van der Waals surface area (Å²) in [5.74, 6) is 0. The van der Waals surface area contributed by atoms with Crippen LogP contribution in [-0.2, 0) is 10.3 Å². The van der Waals surface area contributed by atoms with E-state index in [4.69, 9.17) is 4.74 Å². The van der Waals surface area contributed by atoms with Crippen LogP contribution in [0.25, 0.3) is 0 Å². The summed E-state index contributed by atoms with van der Waals surface area (Å²) in [6, 6.07) is 21.6. The highest BCUT2D eigenvalue weighted by atomic mass is 16.5. The van der Waals surface area contributed by atoms with Crippen LogP contribution in [-0.4, -0.2) is 31.7 Å². The Morgan fingerprint density at radius 3 is 1.95 bits per heavy atom. The molecule has 110 valence electrons. The van der Waals surface area contributed by atoms with Crippen LogP contribution in [0.1, 0.15) is 24.0 Å². The third-order valence-electron chi connectivity index (χ3n) is 4.80. The molecule has 0 bridgehead atoms. The normalized spacial score (nSPS) is 22.1. The predicted molar refractivity (Wildman–Crippen MR) is 86.3 cm³/mol. The van der Waals surface area contributed by atoms with Crippen molar-refractivity contribution in [1.82, 2.24) is 4.90 Å². The quantitative estimate of drug-likeness (QED) is 0.851. The van der Waals surface area contributed by atoms with E-state index in [-0.39, 0.29) is 5.54 Å². The van der Waals surface area contributed by atoms with Crippen LogP contribution in [0.15, 0.2) is 60.7 Å². The Labute approximate surface area is 127 Å². The second kappa shape index (κ2) is 6.00. The maximum Gasteiger partial charge on any atom is 0.0738 e. The van der Waals surface area contributed by atoms with Crippen molar-refractivity contribution in [3.8, 4) is 0 Å². The molecule has 0 spiro atoms. The van der Waals surface area contributed by atoms with Gasteiger partial charge in [0.1, 0.15) is 0 Å². The lowest BCUT2D eigenvalue weighted by Gasteiger charge is -2.48. The minimum atomic E-state index is -0.0958. The summed E-state index contributed by atoms with van der Waals surface area (Å²) in [7, 11) is 4.06. The summed E-state index contributed by atoms with van der Waals surface area (Å²) >= 11 is 0. The first-order chi connectivity index (χ1) is 10.3. The second-order valence-electron chi connectivity index (χ2n) is 5.86. The number of rotatable bonds is 3. The highest BCUT2D eigenvalue weighted by Crippen LogP contribution is 2.43. The molecule has 0 amide bonds. The molecule has 1 unspecified atom stereocenters. The molecule has 2 nitrogen and oxygen atoms in total. The van der Waals surface area contributed by atoms with Gasteiger partial charge in [-0.05, 0) is 24.6 Å². The van der Waals surface area contributed by atoms with Crippen molar-refractivity contribution in [3.05, 3.63) is 71.8 Å². The lowest BCUT2D eigenvalue weighted by Crippen LogP contribution is -2.52. The maximum atomic E-state index is 5.71. The smallest absolute Gasteiger partial charge is 0.0738 e. The molecule has 0 aromatic heterocycles. The summed E-state index contributed by atoms with van der Waals surface area (Å²) < 4.78 is 5.71. The van der Waals surface area contributed by atoms with Gasteiger partial charge in [-0.3, -0.25) is 4.90 Å². The van der Waals surface area contributed by atoms with Gasteiger partial charge in [-0.1, -0.05) is 60.7 Å². The van der Waals surface area contributed by atoms with Gasteiger partial charge >= 0.3 is 0 Å². The van der Waals surface area contributed by atoms with Crippen LogP contribution in [0.2, 0.25) is 0 Å². The first-order valence-electron chi connectivity index (χ1n) is 7.62. The second-order valence-corrected chi connectivity index (χ2v) is 5.86. The van der Waals surface area contributed by atoms with Gasteiger partial charge in [0.2, 0.25) is 0 Å². The van der Waals surface area contributed by atoms with Gasteiger partial charge < -0.3 is 4.74 Å². The molecule has 0 saturated carbocycles. The molecule has 0 radical (unpaired) electrons. The largest absolute Gasteiger partial charge is 0.381 e. The average Bonchev–Trinajstić information content (AvgIpc) is 2.57. The molecule has 1 saturated heterocycles. The fraction of sp³-hybridized carbons (Fsp3) is 0.368. The molecule has 2 heteroatoms. The molecule has 3 rings (SSSR count). The maximum absolute atomic E-state index is 5.71. The molecule has 1 atom stereocenters. The number of ether oxygens (including phenoxy) is 1. The van der Waals surface area contributed by atoms with Crippen molar-refractivity contribution in [2.75, 3.05) is 20.7 Å². The van der Waals surface area contributed by atoms with Crippen molar-refractivity contribution in [1.29, 1.82) is 0 Å². The minimum absolute atomic E-state index is 0.0958. The van der Waals surface area contributed by atoms with Gasteiger partial charge in [0.05, 0.1) is 11.6 Å². The summed E-state index contributed by atoms with van der Waals surface area (Å²) in [5, 5.41) is 0. The Hall–Kier alpha value is -1.64. The SMILES string of the molecule is COC1CCN(C)C(c2ccccc2)(c2ccccc2)C1. The molecule has 2 aromatic rings. The van der Waals surface area contributed by atoms with E-state index in [0.29, 0.717) is 6.10 Å². The standard InChI is InChI=1S/C19H23NO/c1-20-14-13-18(21-2)15-19(20,16-9-5-3-6-10-16)17-11-7-4-8-12-17/h3-12,18H,13-15H2,1-2H3. The van der Waals surface area contributed by atoms with E-state index in [1.807, 2.05) is 7.11 Å². The third-order valence-corrected chi connectivity index (χ3v) is 4.80. The first kappa shape index (κ1) is 14.3. The van der Waals surface area contributed by atoms with Crippen molar-refractivity contribution in [2.45, 2.75) is 24.5 Å². The predicted octanol–water partition coefficient (Wildman–Crippen LogP) is 3.67. The van der Waals surface area contributed by atoms with Crippen LogP contribution < -0.4 is 0 Å². The zero-order valence-electron chi connectivity index (χ0n) is 12.8. The Morgan fingerprint density at radius 2 is 1.48 bits per heavy atom. The van der Waals surface area contributed by atoms with Gasteiger partial charge in [0, 0.05) is 20.1 Å². The Morgan fingerprint density at radius 1 is 0.952 bits per heavy atom. The Bertz CT molecular complexity index is 527. The van der Waals surface area contributed by atoms with Gasteiger partial charge in [0.25, 0.3) is 0 Å². The lowest BCUT2D eigenvalue weighted by atomic mass is 9.74. The van der Waals surface area contributed by atoms with Crippen molar-refractivity contribution in [3.63, 3.8) is 0 Å². The zero-order chi connectivity index (χ0) is 14.7. The van der Waals surface area contributed by atoms with Crippen molar-refractivity contribution >= 4 is 0 Å². The van der Waals surface area contributed by atoms with E-state index >= 15 is 0 Å². The average molecular weight is 281 g/mol. The summed E-state index contributed by atoms with van der Waals surface area (Å²) in [6.45, 7) is 1.04. The highest BCUT2D eigenvalue weighted by molar-refractivity contribution is 5.39. The van der Waals surface area contributed by atoms with Gasteiger partial charge in [-0.2, -0.15) is 0 Å². The summed E-state index contributed by atoms with van der Waals surface area (Å²) in [4.78, 5) is 2.48. The van der Waals surface area contributed by atoms with Crippen molar-refractivity contribution in [2.24, 2.45) is 0 Å². The highest BCUT2D eigenvalue weighted by Gasteiger charge is 2.43. The number of benzene rings is 2. The molecule has 1 heterocycles. The minimum Gasteiger partial charge on any atom is -0.381 e. The number of hydrogen-bond acceptors (Lipinski definition) is 2. The monoisotopic (exact) mass is 281 g/mol. The molecule has 1 aliphatic rings. The van der Waals surface area contributed by atoms with Crippen LogP contribution in [0, 0.1) is 0 Å². The van der Waals surface area contributed by atoms with Gasteiger partial charge in [-0.25, -0.2) is 0 Å². The summed E-state index contributed by atoms with van der Waals surface area (Å²) in [6.07, 6.45) is 2.39. The number of hydrogen-bond donors (Lipinski definition) is 0. The van der Waals surface area contributed by atoms with Crippen LogP contribution in [0.5, 0.6) is 0 Å². The van der Waals surface area contributed by atoms with Gasteiger partial charge in [-0.15, -0.1) is 0 Å². The molecule has 1 aliphatic heterocycles. The molecule has 21 heavy (non-hydrogen) atoms. The fourth-order valence-electron chi connectivity index (χ4n) is 3.59. The third kappa shape index (κ3) is 2.50. The topological polar surface area (TPSA) is 12.5 Å². The first-order valence-corrected chi connectivity index (χ1v) is 7.62. The van der Waals surface area contributed by atoms with E-state index in [9.17, 15) is 0 Å². The van der Waals surface area contributed by atoms with E-state index in [1.54, 1.807) is 0 Å². The number of piperidine rings is 1.